The fraction of sp³-hybridized carbons (Fsp3) is 0.600. The number of hydrogen-bond donors (Lipinski definition) is 2. The summed E-state index contributed by atoms with van der Waals surface area (Å²) in [4.78, 5) is 7.79. The number of rotatable bonds is 4. The van der Waals surface area contributed by atoms with Crippen molar-refractivity contribution in [2.45, 2.75) is 38.8 Å². The SMILES string of the molecule is CC(CC(C)(C)O)Nc1ccnc(Cl)n1. The molecule has 0 aliphatic carbocycles. The highest BCUT2D eigenvalue weighted by atomic mass is 35.5. The van der Waals surface area contributed by atoms with Crippen LogP contribution in [-0.4, -0.2) is 26.7 Å². The molecule has 0 fully saturated rings. The minimum Gasteiger partial charge on any atom is -0.390 e. The van der Waals surface area contributed by atoms with Crippen LogP contribution >= 0.6 is 11.6 Å². The zero-order chi connectivity index (χ0) is 11.5. The number of halogens is 1. The molecule has 0 amide bonds. The molecule has 0 spiro atoms. The first kappa shape index (κ1) is 12.2. The zero-order valence-corrected chi connectivity index (χ0v) is 9.91. The lowest BCUT2D eigenvalue weighted by Crippen LogP contribution is -2.29. The van der Waals surface area contributed by atoms with Crippen molar-refractivity contribution in [2.24, 2.45) is 0 Å². The lowest BCUT2D eigenvalue weighted by atomic mass is 10.0. The van der Waals surface area contributed by atoms with Crippen LogP contribution in [-0.2, 0) is 0 Å². The highest BCUT2D eigenvalue weighted by Crippen LogP contribution is 2.14. The first-order valence-corrected chi connectivity index (χ1v) is 5.22. The molecule has 0 aliphatic rings. The van der Waals surface area contributed by atoms with Crippen LogP contribution in [0.25, 0.3) is 0 Å². The second-order valence-electron chi connectivity index (χ2n) is 4.27. The van der Waals surface area contributed by atoms with Gasteiger partial charge in [0.15, 0.2) is 0 Å². The van der Waals surface area contributed by atoms with Gasteiger partial charge in [0.25, 0.3) is 0 Å². The lowest BCUT2D eigenvalue weighted by Gasteiger charge is -2.23. The number of nitrogens with zero attached hydrogens (tertiary/aromatic N) is 2. The van der Waals surface area contributed by atoms with Crippen molar-refractivity contribution in [3.8, 4) is 0 Å². The Kier molecular flexibility index (Phi) is 3.88. The van der Waals surface area contributed by atoms with E-state index in [0.29, 0.717) is 12.2 Å². The molecule has 5 heteroatoms. The topological polar surface area (TPSA) is 58.0 Å². The van der Waals surface area contributed by atoms with E-state index in [2.05, 4.69) is 15.3 Å². The van der Waals surface area contributed by atoms with Crippen molar-refractivity contribution in [2.75, 3.05) is 5.32 Å². The molecule has 1 aromatic heterocycles. The Morgan fingerprint density at radius 3 is 2.80 bits per heavy atom. The Hall–Kier alpha value is -0.870. The van der Waals surface area contributed by atoms with Gasteiger partial charge in [-0.3, -0.25) is 0 Å². The van der Waals surface area contributed by atoms with Gasteiger partial charge in [-0.05, 0) is 44.9 Å². The third-order valence-electron chi connectivity index (χ3n) is 1.83. The van der Waals surface area contributed by atoms with Gasteiger partial charge < -0.3 is 10.4 Å². The molecule has 2 N–H and O–H groups in total. The average molecular weight is 230 g/mol. The van der Waals surface area contributed by atoms with Crippen LogP contribution in [0.4, 0.5) is 5.82 Å². The van der Waals surface area contributed by atoms with Gasteiger partial charge in [0.2, 0.25) is 5.28 Å². The molecule has 0 saturated carbocycles. The van der Waals surface area contributed by atoms with Crippen LogP contribution in [0.15, 0.2) is 12.3 Å². The molecule has 0 aliphatic heterocycles. The lowest BCUT2D eigenvalue weighted by molar-refractivity contribution is 0.0673. The van der Waals surface area contributed by atoms with Crippen LogP contribution in [0, 0.1) is 0 Å². The monoisotopic (exact) mass is 229 g/mol. The highest BCUT2D eigenvalue weighted by molar-refractivity contribution is 6.28. The van der Waals surface area contributed by atoms with E-state index in [4.69, 9.17) is 11.6 Å². The molecule has 0 aromatic carbocycles. The smallest absolute Gasteiger partial charge is 0.224 e. The fourth-order valence-electron chi connectivity index (χ4n) is 1.47. The van der Waals surface area contributed by atoms with Crippen molar-refractivity contribution in [3.05, 3.63) is 17.5 Å². The summed E-state index contributed by atoms with van der Waals surface area (Å²) in [5, 5.41) is 13.0. The van der Waals surface area contributed by atoms with Gasteiger partial charge in [0.1, 0.15) is 5.82 Å². The van der Waals surface area contributed by atoms with Crippen LogP contribution in [0.1, 0.15) is 27.2 Å². The van der Waals surface area contributed by atoms with Gasteiger partial charge >= 0.3 is 0 Å². The molecule has 1 heterocycles. The van der Waals surface area contributed by atoms with E-state index in [1.165, 1.54) is 0 Å². The molecule has 4 nitrogen and oxygen atoms in total. The summed E-state index contributed by atoms with van der Waals surface area (Å²) < 4.78 is 0. The second-order valence-corrected chi connectivity index (χ2v) is 4.61. The van der Waals surface area contributed by atoms with E-state index in [1.807, 2.05) is 6.92 Å². The quantitative estimate of drug-likeness (QED) is 0.777. The molecule has 0 saturated heterocycles. The van der Waals surface area contributed by atoms with Crippen LogP contribution in [0.3, 0.4) is 0 Å². The number of nitrogens with one attached hydrogen (secondary N) is 1. The van der Waals surface area contributed by atoms with Crippen LogP contribution in [0.5, 0.6) is 0 Å². The van der Waals surface area contributed by atoms with Crippen LogP contribution < -0.4 is 5.32 Å². The summed E-state index contributed by atoms with van der Waals surface area (Å²) in [6, 6.07) is 1.86. The average Bonchev–Trinajstić information content (AvgIpc) is 1.99. The Labute approximate surface area is 94.7 Å². The van der Waals surface area contributed by atoms with Gasteiger partial charge in [-0.25, -0.2) is 9.97 Å². The second kappa shape index (κ2) is 4.77. The molecule has 1 unspecified atom stereocenters. The maximum Gasteiger partial charge on any atom is 0.224 e. The van der Waals surface area contributed by atoms with E-state index >= 15 is 0 Å². The van der Waals surface area contributed by atoms with Crippen molar-refractivity contribution >= 4 is 17.4 Å². The molecule has 0 bridgehead atoms. The van der Waals surface area contributed by atoms with Gasteiger partial charge in [-0.1, -0.05) is 0 Å². The maximum atomic E-state index is 9.62. The first-order chi connectivity index (χ1) is 6.87. The predicted molar refractivity (Wildman–Crippen MR) is 61.0 cm³/mol. The number of hydrogen-bond acceptors (Lipinski definition) is 4. The van der Waals surface area contributed by atoms with Crippen molar-refractivity contribution in [1.82, 2.24) is 9.97 Å². The Morgan fingerprint density at radius 2 is 2.27 bits per heavy atom. The molecule has 0 radical (unpaired) electrons. The zero-order valence-electron chi connectivity index (χ0n) is 9.16. The molecule has 84 valence electrons. The Balaban J connectivity index is 2.55. The van der Waals surface area contributed by atoms with Crippen molar-refractivity contribution in [3.63, 3.8) is 0 Å². The number of anilines is 1. The molecule has 1 atom stereocenters. The maximum absolute atomic E-state index is 9.62. The van der Waals surface area contributed by atoms with Gasteiger partial charge in [-0.15, -0.1) is 0 Å². The van der Waals surface area contributed by atoms with E-state index in [9.17, 15) is 5.11 Å². The first-order valence-electron chi connectivity index (χ1n) is 4.84. The number of aliphatic hydroxyl groups is 1. The summed E-state index contributed by atoms with van der Waals surface area (Å²) in [5.41, 5.74) is -0.691. The Bertz CT molecular complexity index is 325. The van der Waals surface area contributed by atoms with E-state index < -0.39 is 5.60 Å². The molecular weight excluding hydrogens is 214 g/mol. The van der Waals surface area contributed by atoms with Gasteiger partial charge in [0, 0.05) is 12.2 Å². The molecule has 1 aromatic rings. The third-order valence-corrected chi connectivity index (χ3v) is 2.01. The van der Waals surface area contributed by atoms with Crippen molar-refractivity contribution < 1.29 is 5.11 Å². The summed E-state index contributed by atoms with van der Waals surface area (Å²) in [6.07, 6.45) is 2.23. The molecular formula is C10H16ClN3O. The number of aromatic nitrogens is 2. The fourth-order valence-corrected chi connectivity index (χ4v) is 1.62. The minimum absolute atomic E-state index is 0.121. The van der Waals surface area contributed by atoms with Gasteiger partial charge in [0.05, 0.1) is 5.60 Å². The predicted octanol–water partition coefficient (Wildman–Crippen LogP) is 2.09. The molecule has 1 rings (SSSR count). The molecule has 15 heavy (non-hydrogen) atoms. The summed E-state index contributed by atoms with van der Waals surface area (Å²) in [5.74, 6) is 0.673. The Morgan fingerprint density at radius 1 is 1.60 bits per heavy atom. The van der Waals surface area contributed by atoms with Gasteiger partial charge in [-0.2, -0.15) is 0 Å². The normalized spacial score (nSPS) is 13.7. The van der Waals surface area contributed by atoms with E-state index in [0.717, 1.165) is 0 Å². The summed E-state index contributed by atoms with van der Waals surface area (Å²) in [6.45, 7) is 5.53. The third kappa shape index (κ3) is 4.95. The summed E-state index contributed by atoms with van der Waals surface area (Å²) in [7, 11) is 0. The summed E-state index contributed by atoms with van der Waals surface area (Å²) >= 11 is 5.65. The van der Waals surface area contributed by atoms with Crippen LogP contribution in [0.2, 0.25) is 5.28 Å². The largest absolute Gasteiger partial charge is 0.390 e. The van der Waals surface area contributed by atoms with Crippen molar-refractivity contribution in [1.29, 1.82) is 0 Å². The highest BCUT2D eigenvalue weighted by Gasteiger charge is 2.17. The standard InChI is InChI=1S/C10H16ClN3O/c1-7(6-10(2,3)15)13-8-4-5-12-9(11)14-8/h4-5,7,15H,6H2,1-3H3,(H,12,13,14). The minimum atomic E-state index is -0.691. The van der Waals surface area contributed by atoms with E-state index in [-0.39, 0.29) is 11.3 Å². The van der Waals surface area contributed by atoms with E-state index in [1.54, 1.807) is 26.1 Å².